The van der Waals surface area contributed by atoms with E-state index in [1.807, 2.05) is 20.2 Å². The molecule has 2 aromatic heterocycles. The van der Waals surface area contributed by atoms with Gasteiger partial charge in [-0.2, -0.15) is 0 Å². The van der Waals surface area contributed by atoms with Crippen molar-refractivity contribution in [3.63, 3.8) is 0 Å². The van der Waals surface area contributed by atoms with Gasteiger partial charge in [-0.3, -0.25) is 4.90 Å². The SMILES string of the molecule is Cc1cn(C)c(C2CN(Cc3nc[nH]c3C)CCO2)n1. The van der Waals surface area contributed by atoms with Crippen LogP contribution in [-0.4, -0.2) is 44.1 Å². The fourth-order valence-electron chi connectivity index (χ4n) is 2.69. The predicted molar refractivity (Wildman–Crippen MR) is 75.2 cm³/mol. The highest BCUT2D eigenvalue weighted by Gasteiger charge is 2.25. The highest BCUT2D eigenvalue weighted by atomic mass is 16.5. The Morgan fingerprint density at radius 1 is 1.45 bits per heavy atom. The van der Waals surface area contributed by atoms with Crippen LogP contribution < -0.4 is 0 Å². The van der Waals surface area contributed by atoms with Gasteiger partial charge in [0.25, 0.3) is 0 Å². The van der Waals surface area contributed by atoms with Gasteiger partial charge in [0.15, 0.2) is 0 Å². The molecule has 0 radical (unpaired) electrons. The number of hydrogen-bond donors (Lipinski definition) is 1. The smallest absolute Gasteiger partial charge is 0.139 e. The zero-order valence-electron chi connectivity index (χ0n) is 12.3. The van der Waals surface area contributed by atoms with E-state index in [2.05, 4.69) is 31.3 Å². The van der Waals surface area contributed by atoms with Crippen molar-refractivity contribution in [3.05, 3.63) is 35.4 Å². The molecule has 2 aromatic rings. The Labute approximate surface area is 118 Å². The molecule has 3 rings (SSSR count). The fraction of sp³-hybridized carbons (Fsp3) is 0.571. The lowest BCUT2D eigenvalue weighted by molar-refractivity contribution is -0.0387. The summed E-state index contributed by atoms with van der Waals surface area (Å²) < 4.78 is 7.94. The molecule has 1 N–H and O–H groups in total. The molecule has 0 bridgehead atoms. The second-order valence-corrected chi connectivity index (χ2v) is 5.42. The van der Waals surface area contributed by atoms with E-state index in [0.717, 1.165) is 49.1 Å². The number of aryl methyl sites for hydroxylation is 3. The van der Waals surface area contributed by atoms with Crippen LogP contribution in [0.2, 0.25) is 0 Å². The summed E-state index contributed by atoms with van der Waals surface area (Å²) in [5.41, 5.74) is 3.29. The standard InChI is InChI=1S/C14H21N5O/c1-10-6-18(3)14(17-10)13-8-19(4-5-20-13)7-12-11(2)15-9-16-12/h6,9,13H,4-5,7-8H2,1-3H3,(H,15,16). The van der Waals surface area contributed by atoms with E-state index in [1.54, 1.807) is 6.33 Å². The van der Waals surface area contributed by atoms with Crippen LogP contribution in [-0.2, 0) is 18.3 Å². The summed E-state index contributed by atoms with van der Waals surface area (Å²) in [5, 5.41) is 0. The minimum Gasteiger partial charge on any atom is -0.368 e. The van der Waals surface area contributed by atoms with Crippen LogP contribution in [0.1, 0.15) is 29.0 Å². The average molecular weight is 275 g/mol. The first kappa shape index (κ1) is 13.3. The Morgan fingerprint density at radius 2 is 2.30 bits per heavy atom. The maximum Gasteiger partial charge on any atom is 0.139 e. The summed E-state index contributed by atoms with van der Waals surface area (Å²) >= 11 is 0. The van der Waals surface area contributed by atoms with E-state index in [1.165, 1.54) is 0 Å². The molecule has 1 saturated heterocycles. The van der Waals surface area contributed by atoms with Crippen molar-refractivity contribution in [2.75, 3.05) is 19.7 Å². The van der Waals surface area contributed by atoms with Gasteiger partial charge in [0, 0.05) is 38.6 Å². The molecule has 0 spiro atoms. The lowest BCUT2D eigenvalue weighted by Gasteiger charge is -2.32. The molecule has 0 amide bonds. The molecule has 108 valence electrons. The molecular weight excluding hydrogens is 254 g/mol. The van der Waals surface area contributed by atoms with Crippen molar-refractivity contribution in [2.45, 2.75) is 26.5 Å². The highest BCUT2D eigenvalue weighted by Crippen LogP contribution is 2.22. The van der Waals surface area contributed by atoms with Gasteiger partial charge in [-0.05, 0) is 13.8 Å². The first-order valence-corrected chi connectivity index (χ1v) is 6.96. The lowest BCUT2D eigenvalue weighted by atomic mass is 10.2. The van der Waals surface area contributed by atoms with Crippen LogP contribution in [0.3, 0.4) is 0 Å². The number of nitrogens with zero attached hydrogens (tertiary/aromatic N) is 4. The number of rotatable bonds is 3. The summed E-state index contributed by atoms with van der Waals surface area (Å²) in [6.45, 7) is 7.46. The summed E-state index contributed by atoms with van der Waals surface area (Å²) in [6, 6.07) is 0. The third kappa shape index (κ3) is 2.62. The second kappa shape index (κ2) is 5.38. The van der Waals surface area contributed by atoms with Crippen molar-refractivity contribution >= 4 is 0 Å². The van der Waals surface area contributed by atoms with Crippen LogP contribution in [0.15, 0.2) is 12.5 Å². The Morgan fingerprint density at radius 3 is 2.95 bits per heavy atom. The summed E-state index contributed by atoms with van der Waals surface area (Å²) in [7, 11) is 2.02. The first-order valence-electron chi connectivity index (χ1n) is 6.96. The quantitative estimate of drug-likeness (QED) is 0.918. The Kier molecular flexibility index (Phi) is 3.58. The number of aromatic amines is 1. The van der Waals surface area contributed by atoms with Crippen molar-refractivity contribution in [2.24, 2.45) is 7.05 Å². The molecular formula is C14H21N5O. The molecule has 1 aliphatic heterocycles. The maximum atomic E-state index is 5.88. The third-order valence-electron chi connectivity index (χ3n) is 3.78. The monoisotopic (exact) mass is 275 g/mol. The molecule has 0 aromatic carbocycles. The van der Waals surface area contributed by atoms with Gasteiger partial charge in [-0.15, -0.1) is 0 Å². The normalized spacial score (nSPS) is 20.4. The van der Waals surface area contributed by atoms with Crippen molar-refractivity contribution in [3.8, 4) is 0 Å². The van der Waals surface area contributed by atoms with E-state index in [0.29, 0.717) is 0 Å². The van der Waals surface area contributed by atoms with Crippen LogP contribution in [0.5, 0.6) is 0 Å². The molecule has 1 unspecified atom stereocenters. The maximum absolute atomic E-state index is 5.88. The first-order chi connectivity index (χ1) is 9.63. The predicted octanol–water partition coefficient (Wildman–Crippen LogP) is 1.33. The van der Waals surface area contributed by atoms with E-state index >= 15 is 0 Å². The fourth-order valence-corrected chi connectivity index (χ4v) is 2.69. The molecule has 0 saturated carbocycles. The van der Waals surface area contributed by atoms with Crippen molar-refractivity contribution in [1.82, 2.24) is 24.4 Å². The number of imidazole rings is 2. The third-order valence-corrected chi connectivity index (χ3v) is 3.78. The van der Waals surface area contributed by atoms with Crippen molar-refractivity contribution in [1.29, 1.82) is 0 Å². The number of aromatic nitrogens is 4. The van der Waals surface area contributed by atoms with Gasteiger partial charge >= 0.3 is 0 Å². The van der Waals surface area contributed by atoms with Crippen LogP contribution in [0.25, 0.3) is 0 Å². The zero-order valence-corrected chi connectivity index (χ0v) is 12.3. The molecule has 1 aliphatic rings. The molecule has 3 heterocycles. The number of morpholine rings is 1. The molecule has 6 nitrogen and oxygen atoms in total. The Bertz CT molecular complexity index is 588. The minimum absolute atomic E-state index is 0.0432. The van der Waals surface area contributed by atoms with Gasteiger partial charge in [0.2, 0.25) is 0 Å². The number of hydrogen-bond acceptors (Lipinski definition) is 4. The van der Waals surface area contributed by atoms with Crippen LogP contribution in [0, 0.1) is 13.8 Å². The summed E-state index contributed by atoms with van der Waals surface area (Å²) in [4.78, 5) is 14.4. The van der Waals surface area contributed by atoms with E-state index in [9.17, 15) is 0 Å². The van der Waals surface area contributed by atoms with E-state index in [4.69, 9.17) is 4.74 Å². The Balaban J connectivity index is 1.70. The van der Waals surface area contributed by atoms with Crippen LogP contribution in [0.4, 0.5) is 0 Å². The van der Waals surface area contributed by atoms with Gasteiger partial charge in [-0.25, -0.2) is 9.97 Å². The number of ether oxygens (including phenoxy) is 1. The van der Waals surface area contributed by atoms with E-state index < -0.39 is 0 Å². The average Bonchev–Trinajstić information content (AvgIpc) is 2.96. The molecule has 1 fully saturated rings. The minimum atomic E-state index is 0.0432. The highest BCUT2D eigenvalue weighted by molar-refractivity contribution is 5.09. The van der Waals surface area contributed by atoms with Gasteiger partial charge in [0.1, 0.15) is 11.9 Å². The topological polar surface area (TPSA) is 59.0 Å². The van der Waals surface area contributed by atoms with Gasteiger partial charge in [-0.1, -0.05) is 0 Å². The molecule has 0 aliphatic carbocycles. The molecule has 1 atom stereocenters. The Hall–Kier alpha value is -1.66. The van der Waals surface area contributed by atoms with E-state index in [-0.39, 0.29) is 6.10 Å². The summed E-state index contributed by atoms with van der Waals surface area (Å²) in [6.07, 6.45) is 3.84. The number of H-pyrrole nitrogens is 1. The second-order valence-electron chi connectivity index (χ2n) is 5.42. The van der Waals surface area contributed by atoms with Crippen LogP contribution >= 0.6 is 0 Å². The van der Waals surface area contributed by atoms with Crippen molar-refractivity contribution < 1.29 is 4.74 Å². The van der Waals surface area contributed by atoms with Gasteiger partial charge < -0.3 is 14.3 Å². The molecule has 20 heavy (non-hydrogen) atoms. The summed E-state index contributed by atoms with van der Waals surface area (Å²) in [5.74, 6) is 1.01. The lowest BCUT2D eigenvalue weighted by Crippen LogP contribution is -2.38. The molecule has 6 heteroatoms. The zero-order chi connectivity index (χ0) is 14.1. The largest absolute Gasteiger partial charge is 0.368 e. The number of nitrogens with one attached hydrogen (secondary N) is 1. The van der Waals surface area contributed by atoms with Gasteiger partial charge in [0.05, 0.1) is 24.3 Å².